The van der Waals surface area contributed by atoms with Crippen molar-refractivity contribution in [1.29, 1.82) is 5.26 Å². The van der Waals surface area contributed by atoms with Crippen molar-refractivity contribution in [1.82, 2.24) is 0 Å². The van der Waals surface area contributed by atoms with E-state index in [-0.39, 0.29) is 5.41 Å². The number of hydrogen-bond acceptors (Lipinski definition) is 3. The molecule has 84 valence electrons. The van der Waals surface area contributed by atoms with Crippen molar-refractivity contribution in [2.75, 3.05) is 18.5 Å². The predicted octanol–water partition coefficient (Wildman–Crippen LogP) is 2.66. The number of fused-ring (bicyclic) bond motifs is 1. The summed E-state index contributed by atoms with van der Waals surface area (Å²) in [6, 6.07) is 6.20. The summed E-state index contributed by atoms with van der Waals surface area (Å²) in [6.07, 6.45) is 0. The summed E-state index contributed by atoms with van der Waals surface area (Å²) in [4.78, 5) is 0. The summed E-state index contributed by atoms with van der Waals surface area (Å²) in [7, 11) is 0. The highest BCUT2D eigenvalue weighted by atomic mass is 16.5. The molecular formula is C13H16N2O. The Hall–Kier alpha value is -1.69. The number of nitrogens with zero attached hydrogens (tertiary/aromatic N) is 1. The highest BCUT2D eigenvalue weighted by Gasteiger charge is 2.21. The third-order valence-electron chi connectivity index (χ3n) is 2.75. The molecule has 0 spiro atoms. The molecule has 1 aromatic rings. The first-order chi connectivity index (χ1) is 7.52. The Morgan fingerprint density at radius 3 is 2.75 bits per heavy atom. The van der Waals surface area contributed by atoms with Crippen LogP contribution < -0.4 is 10.1 Å². The molecule has 0 fully saturated rings. The van der Waals surface area contributed by atoms with Gasteiger partial charge in [-0.1, -0.05) is 20.8 Å². The second-order valence-corrected chi connectivity index (χ2v) is 5.03. The Labute approximate surface area is 96.0 Å². The predicted molar refractivity (Wildman–Crippen MR) is 63.8 cm³/mol. The van der Waals surface area contributed by atoms with Crippen LogP contribution in [0.2, 0.25) is 0 Å². The Morgan fingerprint density at radius 1 is 1.38 bits per heavy atom. The minimum Gasteiger partial charge on any atom is -0.490 e. The van der Waals surface area contributed by atoms with E-state index < -0.39 is 0 Å². The lowest BCUT2D eigenvalue weighted by molar-refractivity contribution is 0.322. The fraction of sp³-hybridized carbons (Fsp3) is 0.462. The smallest absolute Gasteiger partial charge is 0.144 e. The van der Waals surface area contributed by atoms with Crippen LogP contribution >= 0.6 is 0 Å². The third kappa shape index (κ3) is 1.83. The molecule has 0 bridgehead atoms. The Kier molecular flexibility index (Phi) is 2.51. The van der Waals surface area contributed by atoms with Gasteiger partial charge in [0.25, 0.3) is 0 Å². The first kappa shape index (κ1) is 10.8. The number of benzene rings is 1. The molecular weight excluding hydrogens is 200 g/mol. The van der Waals surface area contributed by atoms with E-state index in [1.165, 1.54) is 0 Å². The van der Waals surface area contributed by atoms with Gasteiger partial charge in [-0.05, 0) is 23.1 Å². The molecule has 1 heterocycles. The van der Waals surface area contributed by atoms with Gasteiger partial charge in [0.05, 0.1) is 11.3 Å². The lowest BCUT2D eigenvalue weighted by Crippen LogP contribution is -2.20. The number of nitrogens with one attached hydrogen (secondary N) is 1. The third-order valence-corrected chi connectivity index (χ3v) is 2.75. The second-order valence-electron chi connectivity index (χ2n) is 5.03. The van der Waals surface area contributed by atoms with Crippen LogP contribution in [0, 0.1) is 11.3 Å². The molecule has 2 rings (SSSR count). The van der Waals surface area contributed by atoms with Crippen LogP contribution in [0.1, 0.15) is 31.9 Å². The minimum absolute atomic E-state index is 0.0292. The summed E-state index contributed by atoms with van der Waals surface area (Å²) in [5, 5.41) is 12.4. The average molecular weight is 216 g/mol. The van der Waals surface area contributed by atoms with Gasteiger partial charge >= 0.3 is 0 Å². The van der Waals surface area contributed by atoms with Gasteiger partial charge in [0.15, 0.2) is 0 Å². The van der Waals surface area contributed by atoms with Crippen LogP contribution in [0.15, 0.2) is 12.1 Å². The zero-order chi connectivity index (χ0) is 11.8. The van der Waals surface area contributed by atoms with Crippen LogP contribution in [0.3, 0.4) is 0 Å². The van der Waals surface area contributed by atoms with Crippen LogP contribution in [0.4, 0.5) is 5.69 Å². The summed E-state index contributed by atoms with van der Waals surface area (Å²) in [5.74, 6) is 0.801. The number of nitriles is 1. The molecule has 3 nitrogen and oxygen atoms in total. The van der Waals surface area contributed by atoms with Crippen molar-refractivity contribution in [2.24, 2.45) is 0 Å². The molecule has 0 unspecified atom stereocenters. The van der Waals surface area contributed by atoms with Crippen molar-refractivity contribution in [3.8, 4) is 11.8 Å². The maximum atomic E-state index is 9.14. The van der Waals surface area contributed by atoms with Crippen molar-refractivity contribution < 1.29 is 4.74 Å². The van der Waals surface area contributed by atoms with E-state index in [0.29, 0.717) is 12.2 Å². The quantitative estimate of drug-likeness (QED) is 0.725. The van der Waals surface area contributed by atoms with E-state index >= 15 is 0 Å². The zero-order valence-corrected chi connectivity index (χ0v) is 9.92. The first-order valence-electron chi connectivity index (χ1n) is 5.47. The molecule has 0 radical (unpaired) electrons. The van der Waals surface area contributed by atoms with Crippen molar-refractivity contribution >= 4 is 5.69 Å². The Morgan fingerprint density at radius 2 is 2.12 bits per heavy atom. The van der Waals surface area contributed by atoms with E-state index in [1.807, 2.05) is 12.1 Å². The topological polar surface area (TPSA) is 45.0 Å². The lowest BCUT2D eigenvalue weighted by Gasteiger charge is -2.25. The van der Waals surface area contributed by atoms with Gasteiger partial charge in [-0.3, -0.25) is 0 Å². The fourth-order valence-electron chi connectivity index (χ4n) is 1.77. The van der Waals surface area contributed by atoms with Crippen LogP contribution in [0.5, 0.6) is 5.75 Å². The van der Waals surface area contributed by atoms with Crippen molar-refractivity contribution in [3.63, 3.8) is 0 Å². The molecule has 0 aromatic heterocycles. The molecule has 1 N–H and O–H groups in total. The highest BCUT2D eigenvalue weighted by molar-refractivity contribution is 5.69. The summed E-state index contributed by atoms with van der Waals surface area (Å²) >= 11 is 0. The SMILES string of the molecule is CC(C)(C)c1cc(C#N)c2c(c1)OCCN2. The van der Waals surface area contributed by atoms with Gasteiger partial charge in [0, 0.05) is 6.54 Å². The Balaban J connectivity index is 2.58. The number of hydrogen-bond donors (Lipinski definition) is 1. The van der Waals surface area contributed by atoms with E-state index in [1.54, 1.807) is 0 Å². The molecule has 1 aliphatic rings. The normalized spacial score (nSPS) is 14.4. The second kappa shape index (κ2) is 3.71. The summed E-state index contributed by atoms with van der Waals surface area (Å²) in [5.41, 5.74) is 2.66. The first-order valence-corrected chi connectivity index (χ1v) is 5.47. The largest absolute Gasteiger partial charge is 0.490 e. The van der Waals surface area contributed by atoms with E-state index in [0.717, 1.165) is 23.5 Å². The molecule has 1 aromatic carbocycles. The van der Waals surface area contributed by atoms with Crippen LogP contribution in [-0.2, 0) is 5.41 Å². The summed E-state index contributed by atoms with van der Waals surface area (Å²) < 4.78 is 5.59. The van der Waals surface area contributed by atoms with Crippen LogP contribution in [-0.4, -0.2) is 13.2 Å². The maximum absolute atomic E-state index is 9.14. The number of anilines is 1. The van der Waals surface area contributed by atoms with Gasteiger partial charge in [-0.25, -0.2) is 0 Å². The zero-order valence-electron chi connectivity index (χ0n) is 9.92. The van der Waals surface area contributed by atoms with Crippen LogP contribution in [0.25, 0.3) is 0 Å². The molecule has 0 atom stereocenters. The van der Waals surface area contributed by atoms with Gasteiger partial charge in [-0.15, -0.1) is 0 Å². The lowest BCUT2D eigenvalue weighted by atomic mass is 9.85. The number of ether oxygens (including phenoxy) is 1. The molecule has 0 saturated carbocycles. The van der Waals surface area contributed by atoms with Crippen molar-refractivity contribution in [3.05, 3.63) is 23.3 Å². The molecule has 0 aliphatic carbocycles. The van der Waals surface area contributed by atoms with E-state index in [2.05, 4.69) is 32.2 Å². The van der Waals surface area contributed by atoms with E-state index in [4.69, 9.17) is 10.00 Å². The monoisotopic (exact) mass is 216 g/mol. The van der Waals surface area contributed by atoms with Gasteiger partial charge in [0.2, 0.25) is 0 Å². The van der Waals surface area contributed by atoms with Gasteiger partial charge in [-0.2, -0.15) is 5.26 Å². The molecule has 3 heteroatoms. The molecule has 1 aliphatic heterocycles. The maximum Gasteiger partial charge on any atom is 0.144 e. The fourth-order valence-corrected chi connectivity index (χ4v) is 1.77. The molecule has 0 amide bonds. The average Bonchev–Trinajstić information content (AvgIpc) is 2.26. The van der Waals surface area contributed by atoms with E-state index in [9.17, 15) is 0 Å². The van der Waals surface area contributed by atoms with Crippen molar-refractivity contribution in [2.45, 2.75) is 26.2 Å². The standard InChI is InChI=1S/C13H16N2O/c1-13(2,3)10-6-9(8-14)12-11(7-10)16-5-4-15-12/h6-7,15H,4-5H2,1-3H3. The Bertz CT molecular complexity index is 452. The highest BCUT2D eigenvalue weighted by Crippen LogP contribution is 2.36. The van der Waals surface area contributed by atoms with Gasteiger partial charge in [0.1, 0.15) is 18.4 Å². The number of rotatable bonds is 0. The molecule has 16 heavy (non-hydrogen) atoms. The van der Waals surface area contributed by atoms with Gasteiger partial charge < -0.3 is 10.1 Å². The molecule has 0 saturated heterocycles. The minimum atomic E-state index is 0.0292. The summed E-state index contributed by atoms with van der Waals surface area (Å²) in [6.45, 7) is 7.81.